The van der Waals surface area contributed by atoms with Gasteiger partial charge in [-0.15, -0.1) is 5.10 Å². The highest BCUT2D eigenvalue weighted by molar-refractivity contribution is 6.00. The molecule has 2 aromatic rings. The molecule has 0 spiro atoms. The molecule has 1 aromatic carbocycles. The SMILES string of the molecule is O=C(C1CC(=O)N(c2ccc(F)cc2)C1)N1CCN(c2cnnc(N3CCOCC3)c2)CC1. The summed E-state index contributed by atoms with van der Waals surface area (Å²) in [4.78, 5) is 33.4. The number of hydrogen-bond donors (Lipinski definition) is 0. The first-order chi connectivity index (χ1) is 16.1. The van der Waals surface area contributed by atoms with Crippen molar-refractivity contribution in [1.82, 2.24) is 15.1 Å². The van der Waals surface area contributed by atoms with E-state index in [4.69, 9.17) is 4.74 Å². The minimum atomic E-state index is -0.371. The second-order valence-electron chi connectivity index (χ2n) is 8.57. The topological polar surface area (TPSA) is 82.1 Å². The van der Waals surface area contributed by atoms with Gasteiger partial charge in [-0.05, 0) is 24.3 Å². The van der Waals surface area contributed by atoms with Crippen molar-refractivity contribution in [1.29, 1.82) is 0 Å². The molecule has 1 atom stereocenters. The van der Waals surface area contributed by atoms with Gasteiger partial charge in [-0.2, -0.15) is 5.10 Å². The highest BCUT2D eigenvalue weighted by atomic mass is 19.1. The molecule has 3 aliphatic heterocycles. The summed E-state index contributed by atoms with van der Waals surface area (Å²) in [6.07, 6.45) is 1.95. The van der Waals surface area contributed by atoms with Crippen LogP contribution in [0.1, 0.15) is 6.42 Å². The normalized spacial score (nSPS) is 21.6. The molecule has 9 nitrogen and oxygen atoms in total. The number of anilines is 3. The predicted octanol–water partition coefficient (Wildman–Crippen LogP) is 1.15. The Morgan fingerprint density at radius 1 is 0.970 bits per heavy atom. The smallest absolute Gasteiger partial charge is 0.228 e. The Kier molecular flexibility index (Phi) is 6.08. The molecular formula is C23H27FN6O3. The molecule has 0 bridgehead atoms. The van der Waals surface area contributed by atoms with Crippen LogP contribution in [0.5, 0.6) is 0 Å². The maximum Gasteiger partial charge on any atom is 0.228 e. The fourth-order valence-electron chi connectivity index (χ4n) is 4.65. The molecule has 4 heterocycles. The van der Waals surface area contributed by atoms with Crippen LogP contribution in [0.15, 0.2) is 36.5 Å². The van der Waals surface area contributed by atoms with Gasteiger partial charge in [0.25, 0.3) is 0 Å². The lowest BCUT2D eigenvalue weighted by Gasteiger charge is -2.37. The molecule has 5 rings (SSSR count). The van der Waals surface area contributed by atoms with E-state index in [1.165, 1.54) is 12.1 Å². The Balaban J connectivity index is 1.18. The lowest BCUT2D eigenvalue weighted by Crippen LogP contribution is -2.50. The third kappa shape index (κ3) is 4.61. The van der Waals surface area contributed by atoms with Crippen LogP contribution in [0.3, 0.4) is 0 Å². The number of rotatable bonds is 4. The first kappa shape index (κ1) is 21.6. The number of carbonyl (C=O) groups is 2. The van der Waals surface area contributed by atoms with E-state index in [0.717, 1.165) is 24.6 Å². The van der Waals surface area contributed by atoms with Crippen LogP contribution in [0.25, 0.3) is 0 Å². The third-order valence-electron chi connectivity index (χ3n) is 6.53. The average Bonchev–Trinajstić information content (AvgIpc) is 3.26. The largest absolute Gasteiger partial charge is 0.378 e. The number of aromatic nitrogens is 2. The van der Waals surface area contributed by atoms with E-state index in [0.29, 0.717) is 51.6 Å². The number of halogens is 1. The number of ether oxygens (including phenoxy) is 1. The molecule has 1 aromatic heterocycles. The highest BCUT2D eigenvalue weighted by Crippen LogP contribution is 2.27. The molecule has 3 aliphatic rings. The minimum absolute atomic E-state index is 0.00877. The molecule has 1 unspecified atom stereocenters. The van der Waals surface area contributed by atoms with Crippen LogP contribution in [0.2, 0.25) is 0 Å². The van der Waals surface area contributed by atoms with Crippen molar-refractivity contribution in [2.45, 2.75) is 6.42 Å². The zero-order valence-electron chi connectivity index (χ0n) is 18.4. The van der Waals surface area contributed by atoms with E-state index >= 15 is 0 Å². The summed E-state index contributed by atoms with van der Waals surface area (Å²) in [6.45, 7) is 5.89. The van der Waals surface area contributed by atoms with Crippen LogP contribution < -0.4 is 14.7 Å². The van der Waals surface area contributed by atoms with E-state index in [1.54, 1.807) is 23.2 Å². The molecule has 0 aliphatic carbocycles. The number of hydrogen-bond acceptors (Lipinski definition) is 7. The molecule has 174 valence electrons. The molecule has 3 saturated heterocycles. The molecule has 0 radical (unpaired) electrons. The van der Waals surface area contributed by atoms with Crippen LogP contribution in [-0.4, -0.2) is 85.9 Å². The molecule has 10 heteroatoms. The molecular weight excluding hydrogens is 427 g/mol. The third-order valence-corrected chi connectivity index (χ3v) is 6.53. The van der Waals surface area contributed by atoms with E-state index < -0.39 is 0 Å². The fourth-order valence-corrected chi connectivity index (χ4v) is 4.65. The molecule has 33 heavy (non-hydrogen) atoms. The van der Waals surface area contributed by atoms with Gasteiger partial charge < -0.3 is 24.3 Å². The van der Waals surface area contributed by atoms with Crippen molar-refractivity contribution in [2.75, 3.05) is 73.7 Å². The number of piperazine rings is 1. The number of nitrogens with zero attached hydrogens (tertiary/aromatic N) is 6. The average molecular weight is 455 g/mol. The summed E-state index contributed by atoms with van der Waals surface area (Å²) in [5, 5.41) is 8.45. The zero-order valence-corrected chi connectivity index (χ0v) is 18.4. The van der Waals surface area contributed by atoms with Crippen molar-refractivity contribution in [3.8, 4) is 0 Å². The Hall–Kier alpha value is -3.27. The molecule has 2 amide bonds. The standard InChI is InChI=1S/C23H27FN6O3/c24-18-1-3-19(4-2-18)30-16-17(13-22(30)31)23(32)29-7-5-27(6-8-29)20-14-21(26-25-15-20)28-9-11-33-12-10-28/h1-4,14-15,17H,5-13,16H2. The summed E-state index contributed by atoms with van der Waals surface area (Å²) >= 11 is 0. The number of amides is 2. The zero-order chi connectivity index (χ0) is 22.8. The van der Waals surface area contributed by atoms with E-state index in [-0.39, 0.29) is 30.0 Å². The molecule has 3 fully saturated rings. The summed E-state index contributed by atoms with van der Waals surface area (Å²) < 4.78 is 18.6. The van der Waals surface area contributed by atoms with Gasteiger partial charge in [0.1, 0.15) is 5.82 Å². The maximum atomic E-state index is 13.2. The van der Waals surface area contributed by atoms with Crippen LogP contribution in [0, 0.1) is 11.7 Å². The number of carbonyl (C=O) groups excluding carboxylic acids is 2. The van der Waals surface area contributed by atoms with Gasteiger partial charge in [-0.1, -0.05) is 0 Å². The monoisotopic (exact) mass is 454 g/mol. The Bertz CT molecular complexity index is 1010. The fraction of sp³-hybridized carbons (Fsp3) is 0.478. The maximum absolute atomic E-state index is 13.2. The predicted molar refractivity (Wildman–Crippen MR) is 121 cm³/mol. The number of benzene rings is 1. The van der Waals surface area contributed by atoms with Crippen molar-refractivity contribution >= 4 is 29.0 Å². The Morgan fingerprint density at radius 3 is 2.42 bits per heavy atom. The first-order valence-corrected chi connectivity index (χ1v) is 11.3. The van der Waals surface area contributed by atoms with Gasteiger partial charge in [-0.3, -0.25) is 9.59 Å². The summed E-state index contributed by atoms with van der Waals surface area (Å²) in [6, 6.07) is 7.86. The van der Waals surface area contributed by atoms with Crippen molar-refractivity contribution in [3.63, 3.8) is 0 Å². The van der Waals surface area contributed by atoms with E-state index in [9.17, 15) is 14.0 Å². The second-order valence-corrected chi connectivity index (χ2v) is 8.57. The van der Waals surface area contributed by atoms with Gasteiger partial charge in [0.15, 0.2) is 5.82 Å². The summed E-state index contributed by atoms with van der Waals surface area (Å²) in [7, 11) is 0. The van der Waals surface area contributed by atoms with Gasteiger partial charge in [0, 0.05) is 64.0 Å². The Labute approximate surface area is 191 Å². The molecule has 0 N–H and O–H groups in total. The van der Waals surface area contributed by atoms with Crippen LogP contribution in [0.4, 0.5) is 21.6 Å². The van der Waals surface area contributed by atoms with E-state index in [1.807, 2.05) is 11.0 Å². The van der Waals surface area contributed by atoms with Crippen molar-refractivity contribution in [2.24, 2.45) is 5.92 Å². The van der Waals surface area contributed by atoms with Crippen molar-refractivity contribution < 1.29 is 18.7 Å². The number of morpholine rings is 1. The second kappa shape index (κ2) is 9.30. The van der Waals surface area contributed by atoms with Crippen LogP contribution >= 0.6 is 0 Å². The highest BCUT2D eigenvalue weighted by Gasteiger charge is 2.38. The Morgan fingerprint density at radius 2 is 1.70 bits per heavy atom. The van der Waals surface area contributed by atoms with Crippen molar-refractivity contribution in [3.05, 3.63) is 42.3 Å². The van der Waals surface area contributed by atoms with E-state index in [2.05, 4.69) is 20.0 Å². The quantitative estimate of drug-likeness (QED) is 0.686. The van der Waals surface area contributed by atoms with Gasteiger partial charge in [0.2, 0.25) is 11.8 Å². The lowest BCUT2D eigenvalue weighted by atomic mass is 10.1. The van der Waals surface area contributed by atoms with Crippen LogP contribution in [-0.2, 0) is 14.3 Å². The van der Waals surface area contributed by atoms with Gasteiger partial charge in [-0.25, -0.2) is 4.39 Å². The summed E-state index contributed by atoms with van der Waals surface area (Å²) in [5.74, 6) is 0.0354. The molecule has 0 saturated carbocycles. The van der Waals surface area contributed by atoms with Gasteiger partial charge >= 0.3 is 0 Å². The summed E-state index contributed by atoms with van der Waals surface area (Å²) in [5.41, 5.74) is 1.62. The minimum Gasteiger partial charge on any atom is -0.378 e. The first-order valence-electron chi connectivity index (χ1n) is 11.3. The van der Waals surface area contributed by atoms with Gasteiger partial charge in [0.05, 0.1) is 31.0 Å². The lowest BCUT2D eigenvalue weighted by molar-refractivity contribution is -0.136.